The van der Waals surface area contributed by atoms with Gasteiger partial charge in [0.05, 0.1) is 0 Å². The van der Waals surface area contributed by atoms with Gasteiger partial charge in [0.1, 0.15) is 0 Å². The largest absolute Gasteiger partial charge is 0.478 e. The van der Waals surface area contributed by atoms with E-state index in [1.807, 2.05) is 6.07 Å². The number of hydrogen-bond donors (Lipinski definition) is 2. The molecule has 1 aliphatic heterocycles. The molecule has 33 heavy (non-hydrogen) atoms. The number of fused-ring (bicyclic) bond motifs is 1. The first-order valence-corrected chi connectivity index (χ1v) is 10.8. The molecular weight excluding hydrogens is 425 g/mol. The number of carboxylic acid groups (broad SMARTS) is 2. The van der Waals surface area contributed by atoms with Crippen LogP contribution in [0, 0.1) is 5.95 Å². The number of aromatic nitrogens is 1. The van der Waals surface area contributed by atoms with Gasteiger partial charge in [0, 0.05) is 56.6 Å². The molecule has 2 N–H and O–H groups in total. The molecule has 0 unspecified atom stereocenters. The standard InChI is InChI=1S/C21H24FN3.C4H4O4/c1-24-11-13-25(14-12-24)10-9-16-5-7-20-18(16)3-2-4-19(20)17-6-8-21(22)23-15-17;5-3(6)1-2-4(7)8/h2-6,8,15H,7,9-14H2,1H3;1-2H,(H,5,6)(H,7,8)/b;2-1-. The Kier molecular flexibility index (Phi) is 8.46. The highest BCUT2D eigenvalue weighted by atomic mass is 19.1. The van der Waals surface area contributed by atoms with Gasteiger partial charge in [-0.2, -0.15) is 4.39 Å². The summed E-state index contributed by atoms with van der Waals surface area (Å²) in [6, 6.07) is 9.70. The smallest absolute Gasteiger partial charge is 0.328 e. The van der Waals surface area contributed by atoms with E-state index in [9.17, 15) is 14.0 Å². The van der Waals surface area contributed by atoms with Gasteiger partial charge in [0.25, 0.3) is 0 Å². The molecule has 0 radical (unpaired) electrons. The second-order valence-electron chi connectivity index (χ2n) is 8.04. The molecule has 0 bridgehead atoms. The first kappa shape index (κ1) is 24.3. The third-order valence-corrected chi connectivity index (χ3v) is 5.77. The van der Waals surface area contributed by atoms with Crippen molar-refractivity contribution in [1.29, 1.82) is 0 Å². The summed E-state index contributed by atoms with van der Waals surface area (Å²) in [7, 11) is 2.19. The molecule has 1 aliphatic carbocycles. The van der Waals surface area contributed by atoms with Crippen LogP contribution in [0.2, 0.25) is 0 Å². The van der Waals surface area contributed by atoms with Crippen molar-refractivity contribution in [2.75, 3.05) is 39.8 Å². The van der Waals surface area contributed by atoms with Crippen LogP contribution in [-0.2, 0) is 16.0 Å². The monoisotopic (exact) mass is 453 g/mol. The molecule has 1 aromatic carbocycles. The zero-order valence-corrected chi connectivity index (χ0v) is 18.6. The van der Waals surface area contributed by atoms with Gasteiger partial charge >= 0.3 is 11.9 Å². The Hall–Kier alpha value is -3.36. The Labute approximate surface area is 192 Å². The maximum Gasteiger partial charge on any atom is 0.328 e. The molecule has 4 rings (SSSR count). The second kappa shape index (κ2) is 11.5. The van der Waals surface area contributed by atoms with E-state index in [4.69, 9.17) is 10.2 Å². The number of hydrogen-bond acceptors (Lipinski definition) is 5. The Morgan fingerprint density at radius 3 is 2.30 bits per heavy atom. The number of benzene rings is 1. The third-order valence-electron chi connectivity index (χ3n) is 5.77. The molecule has 8 heteroatoms. The predicted molar refractivity (Wildman–Crippen MR) is 124 cm³/mol. The van der Waals surface area contributed by atoms with Crippen LogP contribution in [0.25, 0.3) is 16.7 Å². The van der Waals surface area contributed by atoms with Crippen molar-refractivity contribution in [2.45, 2.75) is 12.8 Å². The van der Waals surface area contributed by atoms with Crippen LogP contribution < -0.4 is 0 Å². The van der Waals surface area contributed by atoms with Crippen LogP contribution in [-0.4, -0.2) is 76.7 Å². The first-order valence-electron chi connectivity index (χ1n) is 10.8. The molecule has 2 aromatic rings. The summed E-state index contributed by atoms with van der Waals surface area (Å²) in [5, 5.41) is 15.6. The number of rotatable bonds is 6. The fraction of sp³-hybridized carbons (Fsp3) is 0.320. The van der Waals surface area contributed by atoms with Gasteiger partial charge in [-0.15, -0.1) is 0 Å². The highest BCUT2D eigenvalue weighted by Crippen LogP contribution is 2.36. The average Bonchev–Trinajstić information content (AvgIpc) is 3.22. The molecule has 0 saturated carbocycles. The molecule has 7 nitrogen and oxygen atoms in total. The maximum absolute atomic E-state index is 13.1. The van der Waals surface area contributed by atoms with E-state index in [-0.39, 0.29) is 0 Å². The summed E-state index contributed by atoms with van der Waals surface area (Å²) in [6.45, 7) is 5.78. The number of carbonyl (C=O) groups is 2. The summed E-state index contributed by atoms with van der Waals surface area (Å²) in [5.74, 6) is -2.94. The number of nitrogens with zero attached hydrogens (tertiary/aromatic N) is 3. The van der Waals surface area contributed by atoms with Crippen LogP contribution in [0.15, 0.2) is 54.8 Å². The first-order chi connectivity index (χ1) is 15.8. The minimum atomic E-state index is -1.26. The summed E-state index contributed by atoms with van der Waals surface area (Å²) >= 11 is 0. The van der Waals surface area contributed by atoms with Crippen molar-refractivity contribution in [3.63, 3.8) is 0 Å². The summed E-state index contributed by atoms with van der Waals surface area (Å²) in [5.41, 5.74) is 6.33. The fourth-order valence-electron chi connectivity index (χ4n) is 3.98. The number of pyridine rings is 1. The summed E-state index contributed by atoms with van der Waals surface area (Å²) < 4.78 is 13.1. The van der Waals surface area contributed by atoms with E-state index in [0.717, 1.165) is 51.1 Å². The molecule has 2 aliphatic rings. The van der Waals surface area contributed by atoms with Crippen LogP contribution in [0.3, 0.4) is 0 Å². The van der Waals surface area contributed by atoms with E-state index < -0.39 is 17.9 Å². The van der Waals surface area contributed by atoms with Gasteiger partial charge in [-0.1, -0.05) is 24.3 Å². The van der Waals surface area contributed by atoms with E-state index >= 15 is 0 Å². The Morgan fingerprint density at radius 2 is 1.70 bits per heavy atom. The third kappa shape index (κ3) is 7.06. The molecule has 0 amide bonds. The van der Waals surface area contributed by atoms with Crippen LogP contribution in [0.5, 0.6) is 0 Å². The van der Waals surface area contributed by atoms with Gasteiger partial charge in [-0.05, 0) is 54.3 Å². The molecule has 1 aromatic heterocycles. The quantitative estimate of drug-likeness (QED) is 0.513. The summed E-state index contributed by atoms with van der Waals surface area (Å²) in [6.07, 6.45) is 7.17. The number of piperazine rings is 1. The fourth-order valence-corrected chi connectivity index (χ4v) is 3.98. The Bertz CT molecular complexity index is 1030. The topological polar surface area (TPSA) is 94.0 Å². The molecule has 0 atom stereocenters. The van der Waals surface area contributed by atoms with Crippen LogP contribution >= 0.6 is 0 Å². The molecule has 0 spiro atoms. The van der Waals surface area contributed by atoms with Crippen molar-refractivity contribution in [3.8, 4) is 11.1 Å². The lowest BCUT2D eigenvalue weighted by Gasteiger charge is -2.32. The second-order valence-corrected chi connectivity index (χ2v) is 8.04. The lowest BCUT2D eigenvalue weighted by Crippen LogP contribution is -2.44. The normalized spacial score (nSPS) is 16.1. The SMILES string of the molecule is CN1CCN(CCC2=CCc3c2cccc3-c2ccc(F)nc2)CC1.O=C(O)/C=C\C(=O)O. The number of aliphatic carboxylic acids is 2. The summed E-state index contributed by atoms with van der Waals surface area (Å²) in [4.78, 5) is 27.9. The van der Waals surface area contributed by atoms with Gasteiger partial charge in [-0.25, -0.2) is 14.6 Å². The lowest BCUT2D eigenvalue weighted by molar-refractivity contribution is -0.134. The van der Waals surface area contributed by atoms with E-state index in [1.165, 1.54) is 28.3 Å². The van der Waals surface area contributed by atoms with Crippen molar-refractivity contribution in [1.82, 2.24) is 14.8 Å². The van der Waals surface area contributed by atoms with Gasteiger partial charge in [-0.3, -0.25) is 0 Å². The molecule has 174 valence electrons. The zero-order valence-electron chi connectivity index (χ0n) is 18.6. The molecular formula is C25H28FN3O4. The molecule has 2 heterocycles. The highest BCUT2D eigenvalue weighted by molar-refractivity contribution is 5.89. The van der Waals surface area contributed by atoms with Gasteiger partial charge in [0.2, 0.25) is 5.95 Å². The van der Waals surface area contributed by atoms with E-state index in [1.54, 1.807) is 6.20 Å². The molecule has 1 saturated heterocycles. The lowest BCUT2D eigenvalue weighted by atomic mass is 9.95. The number of carboxylic acids is 2. The highest BCUT2D eigenvalue weighted by Gasteiger charge is 2.20. The van der Waals surface area contributed by atoms with Gasteiger partial charge in [0.15, 0.2) is 0 Å². The van der Waals surface area contributed by atoms with Crippen molar-refractivity contribution in [3.05, 3.63) is 71.8 Å². The van der Waals surface area contributed by atoms with E-state index in [0.29, 0.717) is 12.2 Å². The minimum absolute atomic E-state index is 0.428. The Morgan fingerprint density at radius 1 is 1.03 bits per heavy atom. The van der Waals surface area contributed by atoms with E-state index in [2.05, 4.69) is 46.1 Å². The number of allylic oxidation sites excluding steroid dienone is 1. The predicted octanol–water partition coefficient (Wildman–Crippen LogP) is 3.18. The maximum atomic E-state index is 13.1. The van der Waals surface area contributed by atoms with Crippen LogP contribution in [0.1, 0.15) is 17.5 Å². The number of halogens is 1. The average molecular weight is 454 g/mol. The van der Waals surface area contributed by atoms with Gasteiger partial charge < -0.3 is 20.0 Å². The van der Waals surface area contributed by atoms with Crippen molar-refractivity contribution < 1.29 is 24.2 Å². The van der Waals surface area contributed by atoms with Crippen molar-refractivity contribution in [2.24, 2.45) is 0 Å². The molecule has 1 fully saturated rings. The zero-order chi connectivity index (χ0) is 23.8. The van der Waals surface area contributed by atoms with Crippen molar-refractivity contribution >= 4 is 17.5 Å². The van der Waals surface area contributed by atoms with Crippen LogP contribution in [0.4, 0.5) is 4.39 Å². The number of likely N-dealkylation sites (N-methyl/N-ethyl adjacent to an activating group) is 1. The Balaban J connectivity index is 0.000000331. The minimum Gasteiger partial charge on any atom is -0.478 e.